The molecule has 0 atom stereocenters. The van der Waals surface area contributed by atoms with Gasteiger partial charge in [0.05, 0.1) is 23.4 Å². The molecule has 2 rings (SSSR count). The van der Waals surface area contributed by atoms with E-state index >= 15 is 0 Å². The van der Waals surface area contributed by atoms with Crippen molar-refractivity contribution in [1.82, 2.24) is 15.3 Å². The van der Waals surface area contributed by atoms with Crippen LogP contribution < -0.4 is 10.6 Å². The predicted octanol–water partition coefficient (Wildman–Crippen LogP) is 0.451. The zero-order valence-corrected chi connectivity index (χ0v) is 12.5. The van der Waals surface area contributed by atoms with Crippen LogP contribution in [-0.2, 0) is 4.79 Å². The van der Waals surface area contributed by atoms with E-state index in [1.54, 1.807) is 0 Å². The predicted molar refractivity (Wildman–Crippen MR) is 83.1 cm³/mol. The summed E-state index contributed by atoms with van der Waals surface area (Å²) >= 11 is 0. The number of amides is 2. The van der Waals surface area contributed by atoms with Crippen molar-refractivity contribution in [1.29, 1.82) is 0 Å². The standard InChI is InChI=1S/C14H11N5O6/c20-12(18-8-1-3-11(14(22)23)15-5-8)7-17-13(21)10-4-2-9(6-16-10)19(24)25/h1-6H,7H2,(H,17,21)(H,18,20)(H,22,23). The molecular formula is C14H11N5O6. The lowest BCUT2D eigenvalue weighted by molar-refractivity contribution is -0.385. The van der Waals surface area contributed by atoms with Gasteiger partial charge in [-0.2, -0.15) is 0 Å². The second kappa shape index (κ2) is 7.59. The van der Waals surface area contributed by atoms with Gasteiger partial charge in [0.25, 0.3) is 11.6 Å². The quantitative estimate of drug-likeness (QED) is 0.501. The Kier molecular flexibility index (Phi) is 5.30. The highest BCUT2D eigenvalue weighted by Crippen LogP contribution is 2.09. The third kappa shape index (κ3) is 4.79. The number of hydrogen-bond donors (Lipinski definition) is 3. The number of nitrogens with zero attached hydrogens (tertiary/aromatic N) is 3. The lowest BCUT2D eigenvalue weighted by Crippen LogP contribution is -2.33. The fourth-order valence-electron chi connectivity index (χ4n) is 1.68. The molecular weight excluding hydrogens is 334 g/mol. The van der Waals surface area contributed by atoms with Crippen LogP contribution in [0.5, 0.6) is 0 Å². The van der Waals surface area contributed by atoms with Gasteiger partial charge in [-0.15, -0.1) is 0 Å². The molecule has 0 radical (unpaired) electrons. The lowest BCUT2D eigenvalue weighted by atomic mass is 10.3. The number of rotatable bonds is 6. The maximum atomic E-state index is 11.8. The summed E-state index contributed by atoms with van der Waals surface area (Å²) in [6.45, 7) is -0.377. The van der Waals surface area contributed by atoms with Crippen molar-refractivity contribution in [3.05, 3.63) is 58.2 Å². The number of carboxylic acid groups (broad SMARTS) is 1. The molecule has 2 aromatic rings. The smallest absolute Gasteiger partial charge is 0.354 e. The molecule has 0 aliphatic carbocycles. The Bertz CT molecular complexity index is 819. The molecule has 0 bridgehead atoms. The fraction of sp³-hybridized carbons (Fsp3) is 0.0714. The van der Waals surface area contributed by atoms with Crippen molar-refractivity contribution in [2.24, 2.45) is 0 Å². The lowest BCUT2D eigenvalue weighted by Gasteiger charge is -2.06. The fourth-order valence-corrected chi connectivity index (χ4v) is 1.68. The summed E-state index contributed by atoms with van der Waals surface area (Å²) in [5.74, 6) is -2.44. The van der Waals surface area contributed by atoms with Crippen molar-refractivity contribution in [2.75, 3.05) is 11.9 Å². The van der Waals surface area contributed by atoms with E-state index in [1.807, 2.05) is 0 Å². The maximum Gasteiger partial charge on any atom is 0.354 e. The van der Waals surface area contributed by atoms with Gasteiger partial charge in [0, 0.05) is 6.07 Å². The van der Waals surface area contributed by atoms with E-state index in [0.29, 0.717) is 0 Å². The number of pyridine rings is 2. The number of nitro groups is 1. The first kappa shape index (κ1) is 17.5. The molecule has 25 heavy (non-hydrogen) atoms. The van der Waals surface area contributed by atoms with Crippen LogP contribution in [0.25, 0.3) is 0 Å². The average molecular weight is 345 g/mol. The van der Waals surface area contributed by atoms with Crippen molar-refractivity contribution < 1.29 is 24.4 Å². The summed E-state index contributed by atoms with van der Waals surface area (Å²) in [6.07, 6.45) is 2.10. The topological polar surface area (TPSA) is 164 Å². The maximum absolute atomic E-state index is 11.8. The average Bonchev–Trinajstić information content (AvgIpc) is 2.60. The number of carboxylic acids is 1. The largest absolute Gasteiger partial charge is 0.477 e. The zero-order valence-electron chi connectivity index (χ0n) is 12.5. The molecule has 0 aromatic carbocycles. The van der Waals surface area contributed by atoms with Crippen LogP contribution in [-0.4, -0.2) is 44.3 Å². The second-order valence-corrected chi connectivity index (χ2v) is 4.63. The summed E-state index contributed by atoms with van der Waals surface area (Å²) in [7, 11) is 0. The summed E-state index contributed by atoms with van der Waals surface area (Å²) in [4.78, 5) is 51.3. The molecule has 0 spiro atoms. The van der Waals surface area contributed by atoms with Crippen LogP contribution in [0.2, 0.25) is 0 Å². The summed E-state index contributed by atoms with van der Waals surface area (Å²) in [5, 5.41) is 23.9. The molecule has 0 fully saturated rings. The monoisotopic (exact) mass is 345 g/mol. The molecule has 11 nitrogen and oxygen atoms in total. The van der Waals surface area contributed by atoms with Crippen molar-refractivity contribution >= 4 is 29.2 Å². The minimum atomic E-state index is -1.19. The van der Waals surface area contributed by atoms with E-state index in [9.17, 15) is 24.5 Å². The van der Waals surface area contributed by atoms with E-state index in [-0.39, 0.29) is 29.3 Å². The molecule has 0 saturated heterocycles. The number of aromatic carboxylic acids is 1. The first-order valence-electron chi connectivity index (χ1n) is 6.74. The molecule has 2 amide bonds. The van der Waals surface area contributed by atoms with Gasteiger partial charge in [0.1, 0.15) is 17.6 Å². The number of hydrogen-bond acceptors (Lipinski definition) is 7. The summed E-state index contributed by atoms with van der Waals surface area (Å²) in [5.41, 5.74) is -0.245. The minimum absolute atomic E-state index is 0.0779. The van der Waals surface area contributed by atoms with E-state index in [1.165, 1.54) is 24.4 Å². The van der Waals surface area contributed by atoms with Crippen LogP contribution in [0.3, 0.4) is 0 Å². The first-order chi connectivity index (χ1) is 11.9. The third-order valence-corrected chi connectivity index (χ3v) is 2.87. The van der Waals surface area contributed by atoms with Crippen molar-refractivity contribution in [3.8, 4) is 0 Å². The van der Waals surface area contributed by atoms with E-state index in [4.69, 9.17) is 5.11 Å². The third-order valence-electron chi connectivity index (χ3n) is 2.87. The van der Waals surface area contributed by atoms with Gasteiger partial charge >= 0.3 is 5.97 Å². The Hall–Kier alpha value is -3.89. The van der Waals surface area contributed by atoms with E-state index in [2.05, 4.69) is 20.6 Å². The number of anilines is 1. The van der Waals surface area contributed by atoms with Crippen molar-refractivity contribution in [2.45, 2.75) is 0 Å². The molecule has 2 aromatic heterocycles. The molecule has 128 valence electrons. The second-order valence-electron chi connectivity index (χ2n) is 4.63. The van der Waals surface area contributed by atoms with Crippen LogP contribution >= 0.6 is 0 Å². The minimum Gasteiger partial charge on any atom is -0.477 e. The molecule has 0 unspecified atom stereocenters. The van der Waals surface area contributed by atoms with Gasteiger partial charge in [0.15, 0.2) is 0 Å². The van der Waals surface area contributed by atoms with Crippen LogP contribution in [0.15, 0.2) is 36.7 Å². The van der Waals surface area contributed by atoms with Crippen LogP contribution in [0.1, 0.15) is 21.0 Å². The molecule has 0 saturated carbocycles. The Morgan fingerprint density at radius 3 is 2.28 bits per heavy atom. The number of nitrogens with one attached hydrogen (secondary N) is 2. The number of aromatic nitrogens is 2. The molecule has 2 heterocycles. The number of carbonyl (C=O) groups is 3. The Morgan fingerprint density at radius 2 is 1.76 bits per heavy atom. The SMILES string of the molecule is O=C(CNC(=O)c1ccc([N+](=O)[O-])cn1)Nc1ccc(C(=O)O)nc1. The van der Waals surface area contributed by atoms with Gasteiger partial charge in [-0.1, -0.05) is 0 Å². The molecule has 0 aliphatic rings. The van der Waals surface area contributed by atoms with Crippen LogP contribution in [0.4, 0.5) is 11.4 Å². The molecule has 3 N–H and O–H groups in total. The van der Waals surface area contributed by atoms with Gasteiger partial charge in [-0.3, -0.25) is 19.7 Å². The zero-order chi connectivity index (χ0) is 18.4. The highest BCUT2D eigenvalue weighted by atomic mass is 16.6. The Morgan fingerprint density at radius 1 is 1.08 bits per heavy atom. The van der Waals surface area contributed by atoms with Crippen LogP contribution in [0, 0.1) is 10.1 Å². The summed E-state index contributed by atoms with van der Waals surface area (Å²) < 4.78 is 0. The summed E-state index contributed by atoms with van der Waals surface area (Å²) in [6, 6.07) is 4.86. The highest BCUT2D eigenvalue weighted by Gasteiger charge is 2.12. The van der Waals surface area contributed by atoms with Gasteiger partial charge in [0.2, 0.25) is 5.91 Å². The Balaban J connectivity index is 1.87. The number of carbonyl (C=O) groups excluding carboxylic acids is 2. The Labute approximate surface area is 139 Å². The first-order valence-corrected chi connectivity index (χ1v) is 6.74. The van der Waals surface area contributed by atoms with E-state index in [0.717, 1.165) is 12.3 Å². The van der Waals surface area contributed by atoms with Gasteiger partial charge in [-0.05, 0) is 18.2 Å². The van der Waals surface area contributed by atoms with E-state index < -0.39 is 22.7 Å². The normalized spacial score (nSPS) is 9.92. The highest BCUT2D eigenvalue weighted by molar-refractivity contribution is 5.98. The van der Waals surface area contributed by atoms with Gasteiger partial charge in [-0.25, -0.2) is 14.8 Å². The van der Waals surface area contributed by atoms with Crippen molar-refractivity contribution in [3.63, 3.8) is 0 Å². The molecule has 0 aliphatic heterocycles. The molecule has 11 heteroatoms. The van der Waals surface area contributed by atoms with Gasteiger partial charge < -0.3 is 15.7 Å².